The number of pyridine rings is 1. The molecule has 1 fully saturated rings. The first kappa shape index (κ1) is 21.5. The molecule has 1 aromatic carbocycles. The van der Waals surface area contributed by atoms with E-state index < -0.39 is 4.92 Å². The lowest BCUT2D eigenvalue weighted by Crippen LogP contribution is -2.27. The van der Waals surface area contributed by atoms with Gasteiger partial charge in [0.25, 0.3) is 0 Å². The highest BCUT2D eigenvalue weighted by molar-refractivity contribution is 5.58. The van der Waals surface area contributed by atoms with Crippen LogP contribution in [0.15, 0.2) is 54.9 Å². The first-order valence-corrected chi connectivity index (χ1v) is 10.8. The predicted octanol–water partition coefficient (Wildman–Crippen LogP) is 4.19. The first-order valence-electron chi connectivity index (χ1n) is 10.8. The molecule has 0 radical (unpaired) electrons. The molecule has 0 saturated heterocycles. The van der Waals surface area contributed by atoms with Crippen LogP contribution < -0.4 is 16.4 Å². The molecule has 9 nitrogen and oxygen atoms in total. The molecule has 1 aliphatic rings. The summed E-state index contributed by atoms with van der Waals surface area (Å²) in [6, 6.07) is 14.4. The quantitative estimate of drug-likeness (QED) is 0.356. The maximum absolute atomic E-state index is 11.6. The highest BCUT2D eigenvalue weighted by Gasteiger charge is 2.28. The van der Waals surface area contributed by atoms with Gasteiger partial charge in [-0.2, -0.15) is 4.98 Å². The first-order chi connectivity index (χ1) is 15.6. The van der Waals surface area contributed by atoms with Gasteiger partial charge in [0.15, 0.2) is 0 Å². The van der Waals surface area contributed by atoms with Gasteiger partial charge in [0, 0.05) is 30.7 Å². The molecule has 32 heavy (non-hydrogen) atoms. The largest absolute Gasteiger partial charge is 0.382 e. The Morgan fingerprint density at radius 1 is 1.03 bits per heavy atom. The fourth-order valence-corrected chi connectivity index (χ4v) is 4.18. The summed E-state index contributed by atoms with van der Waals surface area (Å²) in [4.78, 5) is 23.7. The van der Waals surface area contributed by atoms with Crippen LogP contribution in [0.5, 0.6) is 0 Å². The average molecular weight is 434 g/mol. The van der Waals surface area contributed by atoms with Crippen LogP contribution in [-0.4, -0.2) is 25.9 Å². The zero-order valence-electron chi connectivity index (χ0n) is 17.8. The van der Waals surface area contributed by atoms with Crippen LogP contribution in [0.1, 0.15) is 36.9 Å². The zero-order valence-corrected chi connectivity index (χ0v) is 17.8. The third kappa shape index (κ3) is 5.48. The zero-order chi connectivity index (χ0) is 22.3. The summed E-state index contributed by atoms with van der Waals surface area (Å²) in [6.45, 7) is 0.482. The van der Waals surface area contributed by atoms with Crippen molar-refractivity contribution < 1.29 is 4.92 Å². The Morgan fingerprint density at radius 3 is 2.44 bits per heavy atom. The van der Waals surface area contributed by atoms with Crippen molar-refractivity contribution in [2.24, 2.45) is 5.92 Å². The van der Waals surface area contributed by atoms with Crippen molar-refractivity contribution in [1.29, 1.82) is 0 Å². The van der Waals surface area contributed by atoms with E-state index in [1.165, 1.54) is 0 Å². The number of nitrogens with zero attached hydrogens (tertiary/aromatic N) is 4. The Hall–Kier alpha value is -3.75. The fourth-order valence-electron chi connectivity index (χ4n) is 4.18. The number of rotatable bonds is 8. The van der Waals surface area contributed by atoms with Crippen LogP contribution in [0.25, 0.3) is 0 Å². The number of hydrogen-bond acceptors (Lipinski definition) is 8. The van der Waals surface area contributed by atoms with Crippen LogP contribution >= 0.6 is 0 Å². The molecule has 0 unspecified atom stereocenters. The Morgan fingerprint density at radius 2 is 1.75 bits per heavy atom. The second kappa shape index (κ2) is 10.0. The van der Waals surface area contributed by atoms with Gasteiger partial charge in [-0.05, 0) is 67.9 Å². The third-order valence-corrected chi connectivity index (χ3v) is 5.84. The van der Waals surface area contributed by atoms with E-state index in [4.69, 9.17) is 5.73 Å². The van der Waals surface area contributed by atoms with Crippen molar-refractivity contribution in [3.8, 4) is 0 Å². The van der Waals surface area contributed by atoms with E-state index in [1.54, 1.807) is 12.4 Å². The number of nitrogens with two attached hydrogens (primary N) is 1. The molecule has 4 N–H and O–H groups in total. The smallest absolute Gasteiger partial charge is 0.332 e. The summed E-state index contributed by atoms with van der Waals surface area (Å²) < 4.78 is 0. The lowest BCUT2D eigenvalue weighted by molar-refractivity contribution is -0.385. The minimum atomic E-state index is -0.472. The van der Waals surface area contributed by atoms with Gasteiger partial charge in [0.05, 0.1) is 4.92 Å². The Kier molecular flexibility index (Phi) is 6.74. The van der Waals surface area contributed by atoms with E-state index in [0.717, 1.165) is 36.9 Å². The van der Waals surface area contributed by atoms with E-state index >= 15 is 0 Å². The maximum Gasteiger partial charge on any atom is 0.332 e. The van der Waals surface area contributed by atoms with Crippen molar-refractivity contribution >= 4 is 23.1 Å². The van der Waals surface area contributed by atoms with Gasteiger partial charge in [0.2, 0.25) is 11.8 Å². The van der Waals surface area contributed by atoms with Gasteiger partial charge in [0.1, 0.15) is 5.69 Å². The van der Waals surface area contributed by atoms with Crippen molar-refractivity contribution in [2.45, 2.75) is 44.7 Å². The van der Waals surface area contributed by atoms with Crippen LogP contribution in [0.2, 0.25) is 0 Å². The second-order valence-electron chi connectivity index (χ2n) is 8.13. The van der Waals surface area contributed by atoms with Gasteiger partial charge in [-0.1, -0.05) is 18.2 Å². The summed E-state index contributed by atoms with van der Waals surface area (Å²) in [5, 5.41) is 18.3. The lowest BCUT2D eigenvalue weighted by Gasteiger charge is -2.29. The Balaban J connectivity index is 1.41. The van der Waals surface area contributed by atoms with Gasteiger partial charge in [-0.15, -0.1) is 0 Å². The summed E-state index contributed by atoms with van der Waals surface area (Å²) in [7, 11) is 0. The molecule has 1 aliphatic carbocycles. The fraction of sp³-hybridized carbons (Fsp3) is 0.348. The van der Waals surface area contributed by atoms with E-state index in [1.807, 2.05) is 30.3 Å². The topological polar surface area (TPSA) is 132 Å². The minimum absolute atomic E-state index is 0.100. The van der Waals surface area contributed by atoms with Crippen molar-refractivity contribution in [3.63, 3.8) is 0 Å². The molecular formula is C23H27N7O2. The lowest BCUT2D eigenvalue weighted by atomic mass is 9.83. The molecular weight excluding hydrogens is 406 g/mol. The molecule has 2 heterocycles. The number of nitro groups is 1. The SMILES string of the molecule is Nc1nc(NCc2ccncc2)nc(C[C@H]2CC[C@H](Nc3ccccc3)CC2)c1[N+](=O)[O-]. The summed E-state index contributed by atoms with van der Waals surface area (Å²) >= 11 is 0. The number of anilines is 3. The van der Waals surface area contributed by atoms with E-state index in [2.05, 4.69) is 37.7 Å². The summed E-state index contributed by atoms with van der Waals surface area (Å²) in [5.74, 6) is 0.529. The van der Waals surface area contributed by atoms with Crippen molar-refractivity contribution in [2.75, 3.05) is 16.4 Å². The van der Waals surface area contributed by atoms with E-state index in [9.17, 15) is 10.1 Å². The molecule has 0 aliphatic heterocycles. The van der Waals surface area contributed by atoms with Crippen molar-refractivity contribution in [3.05, 3.63) is 76.2 Å². The van der Waals surface area contributed by atoms with Crippen molar-refractivity contribution in [1.82, 2.24) is 15.0 Å². The van der Waals surface area contributed by atoms with E-state index in [-0.39, 0.29) is 11.5 Å². The second-order valence-corrected chi connectivity index (χ2v) is 8.13. The number of nitrogen functional groups attached to an aromatic ring is 1. The predicted molar refractivity (Wildman–Crippen MR) is 124 cm³/mol. The molecule has 0 spiro atoms. The van der Waals surface area contributed by atoms with Crippen LogP contribution in [0.3, 0.4) is 0 Å². The Bertz CT molecular complexity index is 1040. The number of benzene rings is 1. The normalized spacial score (nSPS) is 18.1. The van der Waals surface area contributed by atoms with Crippen LogP contribution in [0, 0.1) is 16.0 Å². The minimum Gasteiger partial charge on any atom is -0.382 e. The highest BCUT2D eigenvalue weighted by Crippen LogP contribution is 2.33. The summed E-state index contributed by atoms with van der Waals surface area (Å²) in [6.07, 6.45) is 7.91. The van der Waals surface area contributed by atoms with Gasteiger partial charge >= 0.3 is 5.69 Å². The molecule has 1 saturated carbocycles. The van der Waals surface area contributed by atoms with Gasteiger partial charge in [-0.25, -0.2) is 4.98 Å². The molecule has 0 atom stereocenters. The standard InChI is InChI=1S/C23H27N7O2/c24-22-21(30(31)32)20(28-23(29-22)26-15-17-10-12-25-13-11-17)14-16-6-8-19(9-7-16)27-18-4-2-1-3-5-18/h1-5,10-13,16,19,27H,6-9,14-15H2,(H3,24,26,28,29)/t16-,19-. The molecule has 4 rings (SSSR count). The number of aromatic nitrogens is 3. The average Bonchev–Trinajstić information content (AvgIpc) is 2.80. The molecule has 2 aromatic heterocycles. The monoisotopic (exact) mass is 433 g/mol. The molecule has 166 valence electrons. The van der Waals surface area contributed by atoms with Crippen LogP contribution in [-0.2, 0) is 13.0 Å². The van der Waals surface area contributed by atoms with Gasteiger partial charge in [-0.3, -0.25) is 15.1 Å². The van der Waals surface area contributed by atoms with E-state index in [0.29, 0.717) is 36.6 Å². The maximum atomic E-state index is 11.6. The van der Waals surface area contributed by atoms with Crippen LogP contribution in [0.4, 0.5) is 23.1 Å². The van der Waals surface area contributed by atoms with Gasteiger partial charge < -0.3 is 16.4 Å². The number of para-hydroxylation sites is 1. The molecule has 0 bridgehead atoms. The molecule has 0 amide bonds. The molecule has 3 aromatic rings. The summed E-state index contributed by atoms with van der Waals surface area (Å²) in [5.41, 5.74) is 8.31. The third-order valence-electron chi connectivity index (χ3n) is 5.84. The highest BCUT2D eigenvalue weighted by atomic mass is 16.6. The molecule has 9 heteroatoms. The number of nitrogens with one attached hydrogen (secondary N) is 2. The number of hydrogen-bond donors (Lipinski definition) is 3. The Labute approximate surface area is 186 Å².